The van der Waals surface area contributed by atoms with E-state index in [4.69, 9.17) is 14.2 Å². The highest BCUT2D eigenvalue weighted by Crippen LogP contribution is 2.50. The number of methoxy groups -OCH3 is 1. The Morgan fingerprint density at radius 3 is 2.68 bits per heavy atom. The number of amides is 1. The molecule has 0 spiro atoms. The molecule has 1 saturated carbocycles. The van der Waals surface area contributed by atoms with Crippen LogP contribution in [0.1, 0.15) is 49.8 Å². The van der Waals surface area contributed by atoms with Crippen LogP contribution >= 0.6 is 0 Å². The molecule has 2 aromatic carbocycles. The van der Waals surface area contributed by atoms with Gasteiger partial charge in [-0.2, -0.15) is 0 Å². The highest BCUT2D eigenvalue weighted by atomic mass is 16.7. The van der Waals surface area contributed by atoms with Gasteiger partial charge in [0.2, 0.25) is 12.7 Å². The van der Waals surface area contributed by atoms with Crippen molar-refractivity contribution in [3.05, 3.63) is 77.6 Å². The minimum absolute atomic E-state index is 0.0409. The van der Waals surface area contributed by atoms with Gasteiger partial charge in [-0.3, -0.25) is 9.69 Å². The number of piperidine rings is 1. The summed E-state index contributed by atoms with van der Waals surface area (Å²) in [6, 6.07) is 13.7. The zero-order chi connectivity index (χ0) is 26.5. The minimum atomic E-state index is -0.582. The summed E-state index contributed by atoms with van der Waals surface area (Å²) in [4.78, 5) is 20.2. The maximum Gasteiger partial charge on any atom is 0.236 e. The summed E-state index contributed by atoms with van der Waals surface area (Å²) < 4.78 is 16.6. The van der Waals surface area contributed by atoms with Gasteiger partial charge in [0, 0.05) is 24.9 Å². The van der Waals surface area contributed by atoms with Gasteiger partial charge in [-0.15, -0.1) is 0 Å². The highest BCUT2D eigenvalue weighted by Gasteiger charge is 2.51. The van der Waals surface area contributed by atoms with Gasteiger partial charge in [0.25, 0.3) is 0 Å². The number of aliphatic hydroxyl groups is 1. The lowest BCUT2D eigenvalue weighted by Gasteiger charge is -2.35. The number of carbonyl (C=O) groups excluding carboxylic acids is 1. The van der Waals surface area contributed by atoms with Gasteiger partial charge in [-0.25, -0.2) is 4.99 Å². The maximum atomic E-state index is 13.4. The fourth-order valence-corrected chi connectivity index (χ4v) is 5.21. The van der Waals surface area contributed by atoms with E-state index in [0.717, 1.165) is 55.6 Å². The zero-order valence-corrected chi connectivity index (χ0v) is 21.9. The van der Waals surface area contributed by atoms with Crippen molar-refractivity contribution >= 4 is 12.1 Å². The van der Waals surface area contributed by atoms with Crippen LogP contribution in [0.5, 0.6) is 17.2 Å². The lowest BCUT2D eigenvalue weighted by Crippen LogP contribution is -2.38. The molecule has 2 N–H and O–H groups in total. The molecule has 1 amide bonds. The standard InChI is InChI=1S/C30H35N3O5/c1-3-31-28(32-29(35)30(15-16-30)21-11-12-26-27(19-21)38-20-37-26)10-6-8-24(33-17-13-22(34)14-18-33)23-7-4-5-9-25(23)36-2/h3-12,19,22,24,34H,13-18,20H2,1-2H3,(H,32,35)/b8-6+,28-10+,31-3-. The Hall–Kier alpha value is -3.62. The van der Waals surface area contributed by atoms with E-state index in [2.05, 4.69) is 27.4 Å². The van der Waals surface area contributed by atoms with Gasteiger partial charge in [0.05, 0.1) is 24.7 Å². The predicted octanol–water partition coefficient (Wildman–Crippen LogP) is 4.26. The van der Waals surface area contributed by atoms with Gasteiger partial charge in [-0.1, -0.05) is 36.4 Å². The topological polar surface area (TPSA) is 92.6 Å². The molecule has 1 unspecified atom stereocenters. The molecule has 2 aliphatic heterocycles. The smallest absolute Gasteiger partial charge is 0.236 e. The SMILES string of the molecule is C\C=N/C(=C\C=C\C(c1ccccc1OC)N1CCC(O)CC1)NC(=O)C1(c2ccc3c(c2)OCO3)CC1. The van der Waals surface area contributed by atoms with Gasteiger partial charge in [0.15, 0.2) is 11.5 Å². The molecular formula is C30H35N3O5. The number of aliphatic imine (C=N–C) groups is 1. The van der Waals surface area contributed by atoms with E-state index in [-0.39, 0.29) is 24.8 Å². The lowest BCUT2D eigenvalue weighted by molar-refractivity contribution is -0.122. The first-order valence-electron chi connectivity index (χ1n) is 13.2. The summed E-state index contributed by atoms with van der Waals surface area (Å²) in [6.07, 6.45) is 10.3. The van der Waals surface area contributed by atoms with Crippen molar-refractivity contribution in [2.75, 3.05) is 27.0 Å². The number of fused-ring (bicyclic) bond motifs is 1. The molecule has 5 rings (SSSR count). The van der Waals surface area contributed by atoms with E-state index < -0.39 is 5.41 Å². The number of hydrogen-bond acceptors (Lipinski definition) is 7. The molecule has 1 saturated heterocycles. The largest absolute Gasteiger partial charge is 0.496 e. The number of benzene rings is 2. The average Bonchev–Trinajstić information content (AvgIpc) is 3.62. The molecule has 3 aliphatic rings. The van der Waals surface area contributed by atoms with Crippen molar-refractivity contribution < 1.29 is 24.1 Å². The van der Waals surface area contributed by atoms with Gasteiger partial charge in [0.1, 0.15) is 11.6 Å². The molecule has 8 nitrogen and oxygen atoms in total. The fourth-order valence-electron chi connectivity index (χ4n) is 5.21. The number of nitrogens with one attached hydrogen (secondary N) is 1. The van der Waals surface area contributed by atoms with E-state index in [1.165, 1.54) is 0 Å². The van der Waals surface area contributed by atoms with Crippen LogP contribution in [-0.4, -0.2) is 55.2 Å². The molecule has 0 radical (unpaired) electrons. The van der Waals surface area contributed by atoms with Crippen LogP contribution in [0.2, 0.25) is 0 Å². The Bertz CT molecular complexity index is 1240. The first-order chi connectivity index (χ1) is 18.5. The Morgan fingerprint density at radius 2 is 1.95 bits per heavy atom. The summed E-state index contributed by atoms with van der Waals surface area (Å²) >= 11 is 0. The monoisotopic (exact) mass is 517 g/mol. The Balaban J connectivity index is 1.35. The van der Waals surface area contributed by atoms with E-state index in [1.807, 2.05) is 55.5 Å². The molecule has 8 heteroatoms. The summed E-state index contributed by atoms with van der Waals surface area (Å²) in [7, 11) is 1.68. The third kappa shape index (κ3) is 5.47. The van der Waals surface area contributed by atoms with Crippen LogP contribution in [0.15, 0.2) is 71.5 Å². The van der Waals surface area contributed by atoms with Crippen LogP contribution in [0.3, 0.4) is 0 Å². The quantitative estimate of drug-likeness (QED) is 0.382. The molecule has 1 atom stereocenters. The summed E-state index contributed by atoms with van der Waals surface area (Å²) in [5, 5.41) is 13.1. The number of hydrogen-bond donors (Lipinski definition) is 2. The van der Waals surface area contributed by atoms with E-state index in [0.29, 0.717) is 17.3 Å². The van der Waals surface area contributed by atoms with Crippen molar-refractivity contribution in [3.63, 3.8) is 0 Å². The molecule has 1 aliphatic carbocycles. The molecule has 2 heterocycles. The maximum absolute atomic E-state index is 13.4. The van der Waals surface area contributed by atoms with Crippen LogP contribution in [-0.2, 0) is 10.2 Å². The van der Waals surface area contributed by atoms with Gasteiger partial charge in [-0.05, 0) is 62.4 Å². The molecule has 0 aromatic heterocycles. The predicted molar refractivity (Wildman–Crippen MR) is 146 cm³/mol. The number of ether oxygens (including phenoxy) is 3. The summed E-state index contributed by atoms with van der Waals surface area (Å²) in [5.74, 6) is 2.61. The Morgan fingerprint density at radius 1 is 1.18 bits per heavy atom. The van der Waals surface area contributed by atoms with Crippen molar-refractivity contribution in [2.24, 2.45) is 4.99 Å². The summed E-state index contributed by atoms with van der Waals surface area (Å²) in [5.41, 5.74) is 1.40. The number of carbonyl (C=O) groups is 1. The van der Waals surface area contributed by atoms with Crippen molar-refractivity contribution in [3.8, 4) is 17.2 Å². The highest BCUT2D eigenvalue weighted by molar-refractivity contribution is 5.92. The number of para-hydroxylation sites is 1. The molecule has 2 fully saturated rings. The van der Waals surface area contributed by atoms with Crippen LogP contribution < -0.4 is 19.5 Å². The van der Waals surface area contributed by atoms with Crippen molar-refractivity contribution in [2.45, 2.75) is 50.2 Å². The molecule has 0 bridgehead atoms. The second-order valence-corrected chi connectivity index (χ2v) is 9.88. The second kappa shape index (κ2) is 11.4. The second-order valence-electron chi connectivity index (χ2n) is 9.88. The van der Waals surface area contributed by atoms with Crippen LogP contribution in [0.4, 0.5) is 0 Å². The van der Waals surface area contributed by atoms with E-state index in [1.54, 1.807) is 13.3 Å². The zero-order valence-electron chi connectivity index (χ0n) is 21.9. The molecule has 200 valence electrons. The number of aliphatic hydroxyl groups excluding tert-OH is 1. The number of nitrogens with zero attached hydrogens (tertiary/aromatic N) is 2. The summed E-state index contributed by atoms with van der Waals surface area (Å²) in [6.45, 7) is 3.60. The van der Waals surface area contributed by atoms with Gasteiger partial charge >= 0.3 is 0 Å². The third-order valence-electron chi connectivity index (χ3n) is 7.52. The fraction of sp³-hybridized carbons (Fsp3) is 0.400. The van der Waals surface area contributed by atoms with Crippen LogP contribution in [0, 0.1) is 0 Å². The lowest BCUT2D eigenvalue weighted by atomic mass is 9.94. The average molecular weight is 518 g/mol. The molecular weight excluding hydrogens is 482 g/mol. The first-order valence-corrected chi connectivity index (χ1v) is 13.2. The molecule has 2 aromatic rings. The number of rotatable bonds is 9. The van der Waals surface area contributed by atoms with Gasteiger partial charge < -0.3 is 24.6 Å². The number of allylic oxidation sites excluding steroid dienone is 2. The minimum Gasteiger partial charge on any atom is -0.496 e. The van der Waals surface area contributed by atoms with E-state index >= 15 is 0 Å². The first kappa shape index (κ1) is 26.0. The third-order valence-corrected chi connectivity index (χ3v) is 7.52. The Kier molecular flexibility index (Phi) is 7.81. The number of likely N-dealkylation sites (tertiary alicyclic amines) is 1. The normalized spacial score (nSPS) is 20.1. The van der Waals surface area contributed by atoms with E-state index in [9.17, 15) is 9.90 Å². The van der Waals surface area contributed by atoms with Crippen LogP contribution in [0.25, 0.3) is 0 Å². The van der Waals surface area contributed by atoms with Crippen molar-refractivity contribution in [1.82, 2.24) is 10.2 Å². The Labute approximate surface area is 223 Å². The van der Waals surface area contributed by atoms with Crippen molar-refractivity contribution in [1.29, 1.82) is 0 Å². The molecule has 38 heavy (non-hydrogen) atoms.